The molecule has 1 saturated heterocycles. The zero-order chi connectivity index (χ0) is 16.1. The Morgan fingerprint density at radius 2 is 1.87 bits per heavy atom. The SMILES string of the molecule is COc1cc(C=NN2C(=O)[C@@H]3[C@H](C2=O)[C@H]2C=C[C@H]3C2)ccc1O. The molecular weight excluding hydrogens is 296 g/mol. The van der Waals surface area contributed by atoms with E-state index < -0.39 is 0 Å². The average molecular weight is 312 g/mol. The third-order valence-electron chi connectivity index (χ3n) is 4.97. The van der Waals surface area contributed by atoms with Gasteiger partial charge >= 0.3 is 0 Å². The number of benzene rings is 1. The normalized spacial score (nSPS) is 31.4. The lowest BCUT2D eigenvalue weighted by molar-refractivity contribution is -0.140. The summed E-state index contributed by atoms with van der Waals surface area (Å²) in [7, 11) is 1.45. The summed E-state index contributed by atoms with van der Waals surface area (Å²) in [6.07, 6.45) is 6.44. The van der Waals surface area contributed by atoms with Gasteiger partial charge in [-0.15, -0.1) is 0 Å². The number of imide groups is 1. The van der Waals surface area contributed by atoms with E-state index >= 15 is 0 Å². The van der Waals surface area contributed by atoms with Crippen molar-refractivity contribution >= 4 is 18.0 Å². The van der Waals surface area contributed by atoms with Crippen molar-refractivity contribution in [2.45, 2.75) is 6.42 Å². The van der Waals surface area contributed by atoms with Crippen LogP contribution in [0.1, 0.15) is 12.0 Å². The first kappa shape index (κ1) is 14.0. The highest BCUT2D eigenvalue weighted by Gasteiger charge is 2.59. The first-order chi connectivity index (χ1) is 11.1. The smallest absolute Gasteiger partial charge is 0.254 e. The van der Waals surface area contributed by atoms with Crippen LogP contribution in [0.15, 0.2) is 35.5 Å². The standard InChI is InChI=1S/C17H16N2O4/c1-23-13-6-9(2-5-12(13)20)8-18-19-16(21)14-10-3-4-11(7-10)15(14)17(19)22/h2-6,8,10-11,14-15,20H,7H2,1H3/t10-,11-,14-,15+/m0/s1. The molecule has 1 aliphatic heterocycles. The molecular formula is C17H16N2O4. The first-order valence-corrected chi connectivity index (χ1v) is 7.57. The van der Waals surface area contributed by atoms with Gasteiger partial charge in [-0.05, 0) is 42.0 Å². The maximum absolute atomic E-state index is 12.5. The molecule has 3 aliphatic rings. The van der Waals surface area contributed by atoms with Gasteiger partial charge < -0.3 is 9.84 Å². The number of phenolic OH excluding ortho intramolecular Hbond substituents is 1. The number of amides is 2. The molecule has 2 bridgehead atoms. The van der Waals surface area contributed by atoms with Crippen LogP contribution in [-0.2, 0) is 9.59 Å². The summed E-state index contributed by atoms with van der Waals surface area (Å²) in [4.78, 5) is 25.0. The van der Waals surface area contributed by atoms with Crippen LogP contribution < -0.4 is 4.74 Å². The van der Waals surface area contributed by atoms with E-state index in [-0.39, 0.29) is 41.2 Å². The van der Waals surface area contributed by atoms with Gasteiger partial charge in [-0.1, -0.05) is 12.2 Å². The van der Waals surface area contributed by atoms with Crippen molar-refractivity contribution in [3.63, 3.8) is 0 Å². The van der Waals surface area contributed by atoms with Gasteiger partial charge in [-0.3, -0.25) is 9.59 Å². The summed E-state index contributed by atoms with van der Waals surface area (Å²) in [6.45, 7) is 0. The van der Waals surface area contributed by atoms with Crippen LogP contribution in [0.2, 0.25) is 0 Å². The summed E-state index contributed by atoms with van der Waals surface area (Å²) >= 11 is 0. The molecule has 2 amide bonds. The van der Waals surface area contributed by atoms with E-state index in [1.807, 2.05) is 0 Å². The lowest BCUT2D eigenvalue weighted by atomic mass is 9.85. The minimum atomic E-state index is -0.246. The molecule has 1 aromatic rings. The molecule has 0 aromatic heterocycles. The van der Waals surface area contributed by atoms with Crippen LogP contribution in [0, 0.1) is 23.7 Å². The van der Waals surface area contributed by atoms with E-state index in [1.54, 1.807) is 12.1 Å². The van der Waals surface area contributed by atoms with Crippen LogP contribution in [0.4, 0.5) is 0 Å². The zero-order valence-electron chi connectivity index (χ0n) is 12.5. The number of hydrogen-bond acceptors (Lipinski definition) is 5. The minimum absolute atomic E-state index is 0.0233. The Labute approximate surface area is 133 Å². The van der Waals surface area contributed by atoms with Crippen LogP contribution >= 0.6 is 0 Å². The Morgan fingerprint density at radius 1 is 1.22 bits per heavy atom. The number of ether oxygens (including phenoxy) is 1. The molecule has 1 saturated carbocycles. The van der Waals surface area contributed by atoms with Crippen LogP contribution in [0.3, 0.4) is 0 Å². The zero-order valence-corrected chi connectivity index (χ0v) is 12.5. The fourth-order valence-corrected chi connectivity index (χ4v) is 3.90. The van der Waals surface area contributed by atoms with E-state index in [0.29, 0.717) is 11.3 Å². The van der Waals surface area contributed by atoms with Crippen molar-refractivity contribution in [1.82, 2.24) is 5.01 Å². The lowest BCUT2D eigenvalue weighted by Crippen LogP contribution is -2.28. The Morgan fingerprint density at radius 3 is 2.48 bits per heavy atom. The summed E-state index contributed by atoms with van der Waals surface area (Å²) in [5, 5.41) is 14.7. The number of carbonyl (C=O) groups excluding carboxylic acids is 2. The van der Waals surface area contributed by atoms with E-state index in [2.05, 4.69) is 17.3 Å². The number of hydrogen-bond donors (Lipinski definition) is 1. The van der Waals surface area contributed by atoms with Crippen LogP contribution in [0.5, 0.6) is 11.5 Å². The second-order valence-corrected chi connectivity index (χ2v) is 6.16. The molecule has 2 aliphatic carbocycles. The fourth-order valence-electron chi connectivity index (χ4n) is 3.90. The highest BCUT2D eigenvalue weighted by Crippen LogP contribution is 2.52. The molecule has 6 nitrogen and oxygen atoms in total. The molecule has 1 heterocycles. The molecule has 0 spiro atoms. The fraction of sp³-hybridized carbons (Fsp3) is 0.353. The van der Waals surface area contributed by atoms with Gasteiger partial charge in [-0.25, -0.2) is 0 Å². The van der Waals surface area contributed by atoms with Gasteiger partial charge in [0, 0.05) is 0 Å². The second-order valence-electron chi connectivity index (χ2n) is 6.16. The van der Waals surface area contributed by atoms with Gasteiger partial charge in [0.1, 0.15) is 0 Å². The summed E-state index contributed by atoms with van der Waals surface area (Å²) in [5.74, 6) is -0.223. The Balaban J connectivity index is 1.58. The van der Waals surface area contributed by atoms with Crippen molar-refractivity contribution in [3.8, 4) is 11.5 Å². The second kappa shape index (κ2) is 4.94. The molecule has 0 radical (unpaired) electrons. The van der Waals surface area contributed by atoms with Crippen LogP contribution in [-0.4, -0.2) is 35.3 Å². The van der Waals surface area contributed by atoms with E-state index in [1.165, 1.54) is 19.4 Å². The maximum atomic E-state index is 12.5. The molecule has 118 valence electrons. The number of hydrazone groups is 1. The summed E-state index contributed by atoms with van der Waals surface area (Å²) in [6, 6.07) is 4.71. The molecule has 23 heavy (non-hydrogen) atoms. The third-order valence-corrected chi connectivity index (χ3v) is 4.97. The molecule has 4 atom stereocenters. The number of aromatic hydroxyl groups is 1. The van der Waals surface area contributed by atoms with Gasteiger partial charge in [-0.2, -0.15) is 10.1 Å². The predicted octanol–water partition coefficient (Wildman–Crippen LogP) is 1.54. The van der Waals surface area contributed by atoms with Crippen molar-refractivity contribution in [2.24, 2.45) is 28.8 Å². The van der Waals surface area contributed by atoms with Gasteiger partial charge in [0.05, 0.1) is 25.2 Å². The molecule has 6 heteroatoms. The quantitative estimate of drug-likeness (QED) is 0.522. The van der Waals surface area contributed by atoms with Crippen molar-refractivity contribution in [3.05, 3.63) is 35.9 Å². The minimum Gasteiger partial charge on any atom is -0.504 e. The highest BCUT2D eigenvalue weighted by molar-refractivity contribution is 6.06. The molecule has 1 aromatic carbocycles. The number of carbonyl (C=O) groups is 2. The molecule has 4 rings (SSSR count). The van der Waals surface area contributed by atoms with Crippen LogP contribution in [0.25, 0.3) is 0 Å². The highest BCUT2D eigenvalue weighted by atomic mass is 16.5. The first-order valence-electron chi connectivity index (χ1n) is 7.57. The third kappa shape index (κ3) is 1.98. The van der Waals surface area contributed by atoms with Gasteiger partial charge in [0.2, 0.25) is 0 Å². The summed E-state index contributed by atoms with van der Waals surface area (Å²) in [5.41, 5.74) is 0.637. The average Bonchev–Trinajstić information content (AvgIpc) is 3.22. The lowest BCUT2D eigenvalue weighted by Gasteiger charge is -2.13. The molecule has 2 fully saturated rings. The van der Waals surface area contributed by atoms with E-state index in [9.17, 15) is 14.7 Å². The van der Waals surface area contributed by atoms with Crippen molar-refractivity contribution in [1.29, 1.82) is 0 Å². The predicted molar refractivity (Wildman–Crippen MR) is 81.8 cm³/mol. The van der Waals surface area contributed by atoms with Gasteiger partial charge in [0.15, 0.2) is 11.5 Å². The molecule has 1 N–H and O–H groups in total. The summed E-state index contributed by atoms with van der Waals surface area (Å²) < 4.78 is 5.03. The largest absolute Gasteiger partial charge is 0.504 e. The Bertz CT molecular complexity index is 725. The number of methoxy groups -OCH3 is 1. The Kier molecular flexibility index (Phi) is 3.01. The van der Waals surface area contributed by atoms with E-state index in [0.717, 1.165) is 11.4 Å². The topological polar surface area (TPSA) is 79.2 Å². The number of allylic oxidation sites excluding steroid dienone is 2. The van der Waals surface area contributed by atoms with Gasteiger partial charge in [0.25, 0.3) is 11.8 Å². The van der Waals surface area contributed by atoms with Crippen molar-refractivity contribution < 1.29 is 19.4 Å². The number of fused-ring (bicyclic) bond motifs is 5. The number of nitrogens with zero attached hydrogens (tertiary/aromatic N) is 2. The Hall–Kier alpha value is -2.63. The van der Waals surface area contributed by atoms with Crippen molar-refractivity contribution in [2.75, 3.05) is 7.11 Å². The van der Waals surface area contributed by atoms with E-state index in [4.69, 9.17) is 4.74 Å². The number of rotatable bonds is 3. The monoisotopic (exact) mass is 312 g/mol. The number of phenols is 1. The molecule has 0 unspecified atom stereocenters. The maximum Gasteiger partial charge on any atom is 0.254 e.